The van der Waals surface area contributed by atoms with Gasteiger partial charge in [0, 0.05) is 11.1 Å². The molecule has 0 amide bonds. The third-order valence-electron chi connectivity index (χ3n) is 3.69. The first-order valence-corrected chi connectivity index (χ1v) is 7.63. The summed E-state index contributed by atoms with van der Waals surface area (Å²) < 4.78 is 13.5. The molecule has 3 heteroatoms. The van der Waals surface area contributed by atoms with Crippen LogP contribution in [0.5, 0.6) is 0 Å². The summed E-state index contributed by atoms with van der Waals surface area (Å²) in [4.78, 5) is 0. The van der Waals surface area contributed by atoms with Crippen molar-refractivity contribution in [2.75, 3.05) is 6.54 Å². The number of nitrogens with one attached hydrogen (secondary N) is 1. The van der Waals surface area contributed by atoms with E-state index in [2.05, 4.69) is 18.3 Å². The first-order valence-electron chi connectivity index (χ1n) is 7.25. The molecular formula is C18H21ClFN. The summed E-state index contributed by atoms with van der Waals surface area (Å²) in [5.41, 5.74) is 4.33. The van der Waals surface area contributed by atoms with E-state index in [9.17, 15) is 4.39 Å². The molecule has 21 heavy (non-hydrogen) atoms. The van der Waals surface area contributed by atoms with E-state index in [0.717, 1.165) is 29.1 Å². The van der Waals surface area contributed by atoms with Crippen LogP contribution in [0.25, 0.3) is 0 Å². The van der Waals surface area contributed by atoms with Gasteiger partial charge >= 0.3 is 0 Å². The van der Waals surface area contributed by atoms with Crippen molar-refractivity contribution < 1.29 is 4.39 Å². The molecule has 2 rings (SSSR count). The van der Waals surface area contributed by atoms with E-state index in [1.165, 1.54) is 11.1 Å². The molecule has 1 nitrogen and oxygen atoms in total. The molecule has 0 radical (unpaired) electrons. The molecule has 0 bridgehead atoms. The Balaban J connectivity index is 2.35. The van der Waals surface area contributed by atoms with E-state index < -0.39 is 0 Å². The van der Waals surface area contributed by atoms with E-state index >= 15 is 0 Å². The Kier molecular flexibility index (Phi) is 5.38. The number of aryl methyl sites for hydroxylation is 2. The number of benzene rings is 2. The van der Waals surface area contributed by atoms with Gasteiger partial charge in [-0.1, -0.05) is 30.7 Å². The molecule has 1 atom stereocenters. The van der Waals surface area contributed by atoms with Gasteiger partial charge in [0.15, 0.2) is 0 Å². The van der Waals surface area contributed by atoms with Crippen LogP contribution < -0.4 is 5.32 Å². The number of hydrogen-bond donors (Lipinski definition) is 1. The molecule has 2 aromatic carbocycles. The molecular weight excluding hydrogens is 285 g/mol. The van der Waals surface area contributed by atoms with Crippen molar-refractivity contribution in [2.24, 2.45) is 0 Å². The van der Waals surface area contributed by atoms with Gasteiger partial charge in [-0.25, -0.2) is 4.39 Å². The number of hydrogen-bond acceptors (Lipinski definition) is 1. The predicted molar refractivity (Wildman–Crippen MR) is 87.4 cm³/mol. The minimum atomic E-state index is -0.174. The van der Waals surface area contributed by atoms with Crippen LogP contribution in [-0.4, -0.2) is 6.54 Å². The van der Waals surface area contributed by atoms with Gasteiger partial charge in [0.1, 0.15) is 5.82 Å². The largest absolute Gasteiger partial charge is 0.310 e. The van der Waals surface area contributed by atoms with E-state index in [1.807, 2.05) is 32.0 Å². The zero-order valence-corrected chi connectivity index (χ0v) is 13.5. The molecule has 0 aromatic heterocycles. The van der Waals surface area contributed by atoms with Crippen molar-refractivity contribution in [3.63, 3.8) is 0 Å². The molecule has 0 fully saturated rings. The normalized spacial score (nSPS) is 12.4. The summed E-state index contributed by atoms with van der Waals surface area (Å²) >= 11 is 6.06. The zero-order valence-electron chi connectivity index (χ0n) is 12.7. The van der Waals surface area contributed by atoms with Gasteiger partial charge in [-0.15, -0.1) is 0 Å². The lowest BCUT2D eigenvalue weighted by Crippen LogP contribution is -2.24. The molecule has 112 valence electrons. The molecule has 0 spiro atoms. The molecule has 0 aliphatic carbocycles. The van der Waals surface area contributed by atoms with Crippen LogP contribution >= 0.6 is 11.6 Å². The Morgan fingerprint density at radius 1 is 1.14 bits per heavy atom. The third-order valence-corrected chi connectivity index (χ3v) is 3.92. The Hall–Kier alpha value is -1.38. The van der Waals surface area contributed by atoms with Crippen LogP contribution in [0.4, 0.5) is 4.39 Å². The second-order valence-corrected chi connectivity index (χ2v) is 5.83. The summed E-state index contributed by atoms with van der Waals surface area (Å²) in [6.07, 6.45) is 0.835. The molecule has 1 N–H and O–H groups in total. The van der Waals surface area contributed by atoms with Crippen LogP contribution in [0.2, 0.25) is 5.02 Å². The minimum absolute atomic E-state index is 0.161. The second-order valence-electron chi connectivity index (χ2n) is 5.40. The highest BCUT2D eigenvalue weighted by Gasteiger charge is 2.17. The van der Waals surface area contributed by atoms with Crippen LogP contribution in [-0.2, 0) is 6.42 Å². The van der Waals surface area contributed by atoms with Gasteiger partial charge in [-0.3, -0.25) is 0 Å². The SMILES string of the molecule is CCNC(Cc1cccc(Cl)c1)c1c(C)cc(F)cc1C. The highest BCUT2D eigenvalue weighted by Crippen LogP contribution is 2.27. The van der Waals surface area contributed by atoms with E-state index in [0.29, 0.717) is 0 Å². The maximum atomic E-state index is 13.5. The topological polar surface area (TPSA) is 12.0 Å². The Bertz CT molecular complexity index is 601. The van der Waals surface area contributed by atoms with E-state index in [-0.39, 0.29) is 11.9 Å². The second kappa shape index (κ2) is 7.06. The zero-order chi connectivity index (χ0) is 15.4. The fourth-order valence-electron chi connectivity index (χ4n) is 2.89. The van der Waals surface area contributed by atoms with E-state index in [4.69, 9.17) is 11.6 Å². The summed E-state index contributed by atoms with van der Waals surface area (Å²) in [6.45, 7) is 6.88. The molecule has 2 aromatic rings. The highest BCUT2D eigenvalue weighted by atomic mass is 35.5. The standard InChI is InChI=1S/C18H21ClFN/c1-4-21-17(11-14-6-5-7-15(19)10-14)18-12(2)8-16(20)9-13(18)3/h5-10,17,21H,4,11H2,1-3H3. The van der Waals surface area contributed by atoms with Crippen molar-refractivity contribution in [2.45, 2.75) is 33.2 Å². The molecule has 0 aliphatic heterocycles. The average molecular weight is 306 g/mol. The van der Waals surface area contributed by atoms with Crippen LogP contribution in [0, 0.1) is 19.7 Å². The van der Waals surface area contributed by atoms with Gasteiger partial charge in [-0.2, -0.15) is 0 Å². The predicted octanol–water partition coefficient (Wildman–Crippen LogP) is 4.99. The smallest absolute Gasteiger partial charge is 0.123 e. The molecule has 1 unspecified atom stereocenters. The lowest BCUT2D eigenvalue weighted by atomic mass is 9.91. The monoisotopic (exact) mass is 305 g/mol. The summed E-state index contributed by atoms with van der Waals surface area (Å²) in [5, 5.41) is 4.25. The lowest BCUT2D eigenvalue weighted by Gasteiger charge is -2.23. The summed E-state index contributed by atoms with van der Waals surface area (Å²) in [7, 11) is 0. The molecule has 0 aliphatic rings. The summed E-state index contributed by atoms with van der Waals surface area (Å²) in [5.74, 6) is -0.174. The van der Waals surface area contributed by atoms with Gasteiger partial charge < -0.3 is 5.32 Å². The average Bonchev–Trinajstić information content (AvgIpc) is 2.37. The molecule has 0 saturated carbocycles. The van der Waals surface area contributed by atoms with Crippen LogP contribution in [0.1, 0.15) is 35.2 Å². The van der Waals surface area contributed by atoms with Crippen LogP contribution in [0.15, 0.2) is 36.4 Å². The Labute approximate surface area is 131 Å². The fraction of sp³-hybridized carbons (Fsp3) is 0.333. The van der Waals surface area contributed by atoms with Gasteiger partial charge in [0.05, 0.1) is 0 Å². The third kappa shape index (κ3) is 4.05. The van der Waals surface area contributed by atoms with Gasteiger partial charge in [-0.05, 0) is 73.3 Å². The number of halogens is 2. The maximum absolute atomic E-state index is 13.5. The van der Waals surface area contributed by atoms with E-state index in [1.54, 1.807) is 12.1 Å². The van der Waals surface area contributed by atoms with Crippen molar-refractivity contribution in [3.05, 3.63) is 69.5 Å². The summed E-state index contributed by atoms with van der Waals surface area (Å²) in [6, 6.07) is 11.3. The van der Waals surface area contributed by atoms with Crippen molar-refractivity contribution >= 4 is 11.6 Å². The van der Waals surface area contributed by atoms with Crippen molar-refractivity contribution in [1.82, 2.24) is 5.32 Å². The Morgan fingerprint density at radius 3 is 2.38 bits per heavy atom. The Morgan fingerprint density at radius 2 is 1.81 bits per heavy atom. The lowest BCUT2D eigenvalue weighted by molar-refractivity contribution is 0.541. The molecule has 0 heterocycles. The highest BCUT2D eigenvalue weighted by molar-refractivity contribution is 6.30. The van der Waals surface area contributed by atoms with Crippen molar-refractivity contribution in [3.8, 4) is 0 Å². The minimum Gasteiger partial charge on any atom is -0.310 e. The quantitative estimate of drug-likeness (QED) is 0.820. The van der Waals surface area contributed by atoms with Crippen LogP contribution in [0.3, 0.4) is 0 Å². The first-order chi connectivity index (χ1) is 10.0. The molecule has 0 saturated heterocycles. The van der Waals surface area contributed by atoms with Gasteiger partial charge in [0.25, 0.3) is 0 Å². The van der Waals surface area contributed by atoms with Gasteiger partial charge in [0.2, 0.25) is 0 Å². The number of likely N-dealkylation sites (N-methyl/N-ethyl adjacent to an activating group) is 1. The number of rotatable bonds is 5. The van der Waals surface area contributed by atoms with Crippen molar-refractivity contribution in [1.29, 1.82) is 0 Å². The maximum Gasteiger partial charge on any atom is 0.123 e. The fourth-order valence-corrected chi connectivity index (χ4v) is 3.11. The first kappa shape index (κ1) is 16.0.